The van der Waals surface area contributed by atoms with Crippen LogP contribution in [0.2, 0.25) is 0 Å². The van der Waals surface area contributed by atoms with E-state index in [1.807, 2.05) is 12.1 Å². The molecule has 1 aliphatic heterocycles. The van der Waals surface area contributed by atoms with Crippen LogP contribution >= 0.6 is 0 Å². The van der Waals surface area contributed by atoms with Crippen molar-refractivity contribution in [2.24, 2.45) is 5.10 Å². The minimum atomic E-state index is -0.298. The maximum Gasteiger partial charge on any atom is 0.272 e. The molecule has 0 atom stereocenters. The van der Waals surface area contributed by atoms with Gasteiger partial charge in [-0.25, -0.2) is 5.43 Å². The first kappa shape index (κ1) is 17.0. The molecule has 1 aromatic carbocycles. The van der Waals surface area contributed by atoms with E-state index in [0.29, 0.717) is 5.56 Å². The van der Waals surface area contributed by atoms with Gasteiger partial charge in [0.25, 0.3) is 5.91 Å². The molecule has 6 heteroatoms. The van der Waals surface area contributed by atoms with Crippen LogP contribution in [0.1, 0.15) is 35.2 Å². The van der Waals surface area contributed by atoms with Crippen LogP contribution in [0.4, 0.5) is 5.69 Å². The number of hydrazone groups is 1. The summed E-state index contributed by atoms with van der Waals surface area (Å²) >= 11 is 0. The predicted octanol–water partition coefficient (Wildman–Crippen LogP) is 2.84. The lowest BCUT2D eigenvalue weighted by molar-refractivity contribution is 0.0955. The molecule has 25 heavy (non-hydrogen) atoms. The topological polar surface area (TPSA) is 66.8 Å². The molecule has 130 valence electrons. The van der Waals surface area contributed by atoms with Crippen LogP contribution in [-0.4, -0.2) is 37.3 Å². The number of anilines is 1. The fourth-order valence-corrected chi connectivity index (χ4v) is 2.88. The van der Waals surface area contributed by atoms with Gasteiger partial charge >= 0.3 is 0 Å². The molecule has 1 aromatic heterocycles. The van der Waals surface area contributed by atoms with E-state index in [-0.39, 0.29) is 5.91 Å². The minimum absolute atomic E-state index is 0.298. The summed E-state index contributed by atoms with van der Waals surface area (Å²) in [4.78, 5) is 18.2. The van der Waals surface area contributed by atoms with E-state index in [1.54, 1.807) is 31.7 Å². The first-order valence-corrected chi connectivity index (χ1v) is 8.44. The molecule has 1 N–H and O–H groups in total. The van der Waals surface area contributed by atoms with Crippen molar-refractivity contribution < 1.29 is 9.53 Å². The highest BCUT2D eigenvalue weighted by Crippen LogP contribution is 2.26. The van der Waals surface area contributed by atoms with Gasteiger partial charge in [-0.2, -0.15) is 5.10 Å². The maximum atomic E-state index is 11.9. The molecule has 1 amide bonds. The largest absolute Gasteiger partial charge is 0.496 e. The molecule has 0 radical (unpaired) electrons. The van der Waals surface area contributed by atoms with Crippen LogP contribution in [0.5, 0.6) is 5.75 Å². The third-order valence-corrected chi connectivity index (χ3v) is 4.23. The molecule has 1 saturated heterocycles. The number of amides is 1. The Balaban J connectivity index is 1.68. The molecule has 1 fully saturated rings. The number of hydrogen-bond donors (Lipinski definition) is 1. The molecule has 0 bridgehead atoms. The number of methoxy groups -OCH3 is 1. The number of carbonyl (C=O) groups excluding carboxylic acids is 1. The summed E-state index contributed by atoms with van der Waals surface area (Å²) in [6.07, 6.45) is 8.47. The molecule has 6 nitrogen and oxygen atoms in total. The number of nitrogens with one attached hydrogen (secondary N) is 1. The van der Waals surface area contributed by atoms with Gasteiger partial charge in [-0.3, -0.25) is 9.78 Å². The van der Waals surface area contributed by atoms with Crippen molar-refractivity contribution in [1.29, 1.82) is 0 Å². The van der Waals surface area contributed by atoms with Crippen LogP contribution in [0.25, 0.3) is 0 Å². The van der Waals surface area contributed by atoms with Gasteiger partial charge in [-0.1, -0.05) is 0 Å². The Morgan fingerprint density at radius 2 is 2.12 bits per heavy atom. The van der Waals surface area contributed by atoms with Crippen molar-refractivity contribution in [2.45, 2.75) is 19.3 Å². The van der Waals surface area contributed by atoms with E-state index in [4.69, 9.17) is 4.74 Å². The summed E-state index contributed by atoms with van der Waals surface area (Å²) in [5.74, 6) is 0.440. The third kappa shape index (κ3) is 4.35. The summed E-state index contributed by atoms with van der Waals surface area (Å²) in [6.45, 7) is 2.16. The Labute approximate surface area is 147 Å². The van der Waals surface area contributed by atoms with E-state index in [1.165, 1.54) is 25.5 Å². The lowest BCUT2D eigenvalue weighted by Gasteiger charge is -2.29. The van der Waals surface area contributed by atoms with Gasteiger partial charge in [0, 0.05) is 42.8 Å². The first-order valence-electron chi connectivity index (χ1n) is 8.44. The average Bonchev–Trinajstić information content (AvgIpc) is 2.69. The van der Waals surface area contributed by atoms with Crippen LogP contribution in [0, 0.1) is 0 Å². The lowest BCUT2D eigenvalue weighted by atomic mass is 10.1. The zero-order chi connectivity index (χ0) is 17.5. The zero-order valence-corrected chi connectivity index (χ0v) is 14.3. The highest BCUT2D eigenvalue weighted by atomic mass is 16.5. The summed E-state index contributed by atoms with van der Waals surface area (Å²) < 4.78 is 5.48. The van der Waals surface area contributed by atoms with Gasteiger partial charge in [0.2, 0.25) is 0 Å². The van der Waals surface area contributed by atoms with Crippen molar-refractivity contribution in [3.05, 3.63) is 53.9 Å². The molecule has 2 heterocycles. The SMILES string of the molecule is COc1cc(N2CCCCC2)ccc1/C=N/NC(=O)c1cccnc1. The van der Waals surface area contributed by atoms with Gasteiger partial charge in [0.05, 0.1) is 18.9 Å². The van der Waals surface area contributed by atoms with Crippen molar-refractivity contribution in [3.8, 4) is 5.75 Å². The van der Waals surface area contributed by atoms with Gasteiger partial charge in [-0.15, -0.1) is 0 Å². The molecule has 0 saturated carbocycles. The Kier molecular flexibility index (Phi) is 5.61. The molecule has 1 aliphatic rings. The fourth-order valence-electron chi connectivity index (χ4n) is 2.88. The Hall–Kier alpha value is -2.89. The average molecular weight is 338 g/mol. The minimum Gasteiger partial charge on any atom is -0.496 e. The lowest BCUT2D eigenvalue weighted by Crippen LogP contribution is -2.29. The van der Waals surface area contributed by atoms with Crippen molar-refractivity contribution in [1.82, 2.24) is 10.4 Å². The first-order chi connectivity index (χ1) is 12.3. The highest BCUT2D eigenvalue weighted by Gasteiger charge is 2.13. The molecular formula is C19H22N4O2. The van der Waals surface area contributed by atoms with Crippen molar-refractivity contribution in [3.63, 3.8) is 0 Å². The highest BCUT2D eigenvalue weighted by molar-refractivity contribution is 5.94. The van der Waals surface area contributed by atoms with E-state index in [0.717, 1.165) is 30.1 Å². The standard InChI is InChI=1S/C19H22N4O2/c1-25-18-12-17(23-10-3-2-4-11-23)8-7-15(18)14-21-22-19(24)16-6-5-9-20-13-16/h5-9,12-14H,2-4,10-11H2,1H3,(H,22,24)/b21-14+. The molecule has 3 rings (SSSR count). The van der Waals surface area contributed by atoms with Gasteiger partial charge in [0.15, 0.2) is 0 Å². The second kappa shape index (κ2) is 8.28. The predicted molar refractivity (Wildman–Crippen MR) is 98.4 cm³/mol. The van der Waals surface area contributed by atoms with Gasteiger partial charge in [0.1, 0.15) is 5.75 Å². The Morgan fingerprint density at radius 3 is 2.84 bits per heavy atom. The normalized spacial score (nSPS) is 14.5. The quantitative estimate of drug-likeness (QED) is 0.672. The number of pyridine rings is 1. The van der Waals surface area contributed by atoms with Crippen LogP contribution in [0.15, 0.2) is 47.8 Å². The molecule has 2 aromatic rings. The van der Waals surface area contributed by atoms with E-state index < -0.39 is 0 Å². The number of nitrogens with zero attached hydrogens (tertiary/aromatic N) is 3. The monoisotopic (exact) mass is 338 g/mol. The number of rotatable bonds is 5. The van der Waals surface area contributed by atoms with E-state index in [2.05, 4.69) is 26.5 Å². The van der Waals surface area contributed by atoms with Crippen LogP contribution in [-0.2, 0) is 0 Å². The molecular weight excluding hydrogens is 316 g/mol. The molecule has 0 spiro atoms. The zero-order valence-electron chi connectivity index (χ0n) is 14.3. The number of benzene rings is 1. The van der Waals surface area contributed by atoms with E-state index in [9.17, 15) is 4.79 Å². The van der Waals surface area contributed by atoms with E-state index >= 15 is 0 Å². The summed E-state index contributed by atoms with van der Waals surface area (Å²) in [6, 6.07) is 9.45. The number of aromatic nitrogens is 1. The Morgan fingerprint density at radius 1 is 1.28 bits per heavy atom. The van der Waals surface area contributed by atoms with Crippen molar-refractivity contribution in [2.75, 3.05) is 25.1 Å². The summed E-state index contributed by atoms with van der Waals surface area (Å²) in [5, 5.41) is 4.02. The van der Waals surface area contributed by atoms with Gasteiger partial charge in [-0.05, 0) is 43.5 Å². The summed E-state index contributed by atoms with van der Waals surface area (Å²) in [7, 11) is 1.64. The molecule has 0 unspecified atom stereocenters. The third-order valence-electron chi connectivity index (χ3n) is 4.23. The number of carbonyl (C=O) groups is 1. The van der Waals surface area contributed by atoms with Crippen LogP contribution in [0.3, 0.4) is 0 Å². The van der Waals surface area contributed by atoms with Crippen LogP contribution < -0.4 is 15.1 Å². The maximum absolute atomic E-state index is 11.9. The Bertz CT molecular complexity index is 740. The number of piperidine rings is 1. The fraction of sp³-hybridized carbons (Fsp3) is 0.316. The van der Waals surface area contributed by atoms with Gasteiger partial charge < -0.3 is 9.64 Å². The molecule has 0 aliphatic carbocycles. The second-order valence-corrected chi connectivity index (χ2v) is 5.91. The smallest absolute Gasteiger partial charge is 0.272 e. The number of hydrogen-bond acceptors (Lipinski definition) is 5. The van der Waals surface area contributed by atoms with Crippen molar-refractivity contribution >= 4 is 17.8 Å². The number of ether oxygens (including phenoxy) is 1. The second-order valence-electron chi connectivity index (χ2n) is 5.91. The summed E-state index contributed by atoms with van der Waals surface area (Å²) in [5.41, 5.74) is 4.94.